The van der Waals surface area contributed by atoms with Gasteiger partial charge in [0.15, 0.2) is 5.76 Å². The maximum absolute atomic E-state index is 12.3. The third kappa shape index (κ3) is 2.21. The Morgan fingerprint density at radius 2 is 1.75 bits per heavy atom. The van der Waals surface area contributed by atoms with Gasteiger partial charge in [-0.1, -0.05) is 0 Å². The Morgan fingerprint density at radius 3 is 2.42 bits per heavy atom. The normalized spacial score (nSPS) is 10.9. The van der Waals surface area contributed by atoms with Crippen molar-refractivity contribution in [2.75, 3.05) is 7.11 Å². The van der Waals surface area contributed by atoms with E-state index in [1.54, 1.807) is 0 Å². The fourth-order valence-corrected chi connectivity index (χ4v) is 2.34. The highest BCUT2D eigenvalue weighted by molar-refractivity contribution is 5.88. The van der Waals surface area contributed by atoms with Crippen LogP contribution in [-0.2, 0) is 0 Å². The number of ether oxygens (including phenoxy) is 1. The third-order valence-corrected chi connectivity index (χ3v) is 3.45. The Hall–Kier alpha value is -3.55. The molecule has 0 spiro atoms. The number of aromatic hydroxyl groups is 4. The van der Waals surface area contributed by atoms with E-state index in [4.69, 9.17) is 9.15 Å². The average molecular weight is 331 g/mol. The van der Waals surface area contributed by atoms with Crippen LogP contribution in [0.25, 0.3) is 22.3 Å². The molecule has 0 atom stereocenters. The third-order valence-electron chi connectivity index (χ3n) is 3.45. The largest absolute Gasteiger partial charge is 0.867 e. The van der Waals surface area contributed by atoms with E-state index in [1.165, 1.54) is 13.2 Å². The molecular formula is C16H11O8-. The fourth-order valence-electron chi connectivity index (χ4n) is 2.34. The molecule has 1 aromatic heterocycles. The van der Waals surface area contributed by atoms with Crippen molar-refractivity contribution in [3.8, 4) is 45.8 Å². The summed E-state index contributed by atoms with van der Waals surface area (Å²) in [6.45, 7) is 0. The molecule has 8 heteroatoms. The summed E-state index contributed by atoms with van der Waals surface area (Å²) in [7, 11) is 1.21. The van der Waals surface area contributed by atoms with Crippen LogP contribution in [-0.4, -0.2) is 27.5 Å². The molecule has 3 aromatic rings. The molecule has 0 amide bonds. The molecule has 2 aromatic carbocycles. The van der Waals surface area contributed by atoms with Crippen molar-refractivity contribution >= 4 is 11.0 Å². The minimum absolute atomic E-state index is 0.00304. The van der Waals surface area contributed by atoms with Gasteiger partial charge in [0.05, 0.1) is 7.11 Å². The van der Waals surface area contributed by atoms with Crippen molar-refractivity contribution in [1.82, 2.24) is 0 Å². The van der Waals surface area contributed by atoms with Crippen LogP contribution in [0.3, 0.4) is 0 Å². The lowest BCUT2D eigenvalue weighted by Crippen LogP contribution is -2.03. The molecule has 0 fully saturated rings. The number of benzene rings is 2. The molecule has 24 heavy (non-hydrogen) atoms. The van der Waals surface area contributed by atoms with E-state index in [-0.39, 0.29) is 33.8 Å². The zero-order chi connectivity index (χ0) is 17.6. The van der Waals surface area contributed by atoms with E-state index < -0.39 is 28.4 Å². The lowest BCUT2D eigenvalue weighted by molar-refractivity contribution is -0.271. The summed E-state index contributed by atoms with van der Waals surface area (Å²) in [6, 6.07) is 4.18. The van der Waals surface area contributed by atoms with E-state index >= 15 is 0 Å². The van der Waals surface area contributed by atoms with Gasteiger partial charge in [0, 0.05) is 17.7 Å². The molecule has 124 valence electrons. The molecule has 4 N–H and O–H groups in total. The second-order valence-corrected chi connectivity index (χ2v) is 4.97. The minimum Gasteiger partial charge on any atom is -0.867 e. The van der Waals surface area contributed by atoms with E-state index in [9.17, 15) is 30.3 Å². The summed E-state index contributed by atoms with van der Waals surface area (Å²) in [5.74, 6) is -3.74. The molecule has 0 radical (unpaired) electrons. The van der Waals surface area contributed by atoms with Crippen LogP contribution in [0.2, 0.25) is 0 Å². The van der Waals surface area contributed by atoms with Crippen LogP contribution in [0.5, 0.6) is 34.5 Å². The highest BCUT2D eigenvalue weighted by atomic mass is 16.5. The standard InChI is InChI=1S/C16H12O8/c1-23-11-3-6(2-9(19)13(11)20)16-15(22)14(21)12-8(18)4-7(17)5-10(12)24-16/h2-5,17-20,22H,1H3/p-1. The number of methoxy groups -OCH3 is 1. The molecule has 8 nitrogen and oxygen atoms in total. The highest BCUT2D eigenvalue weighted by Gasteiger charge is 2.20. The zero-order valence-corrected chi connectivity index (χ0v) is 12.2. The number of rotatable bonds is 2. The summed E-state index contributed by atoms with van der Waals surface area (Å²) in [5.41, 5.74) is -1.12. The number of hydrogen-bond donors (Lipinski definition) is 4. The van der Waals surface area contributed by atoms with Crippen molar-refractivity contribution < 1.29 is 34.7 Å². The highest BCUT2D eigenvalue weighted by Crippen LogP contribution is 2.41. The smallest absolute Gasteiger partial charge is 0.238 e. The van der Waals surface area contributed by atoms with E-state index in [2.05, 4.69) is 0 Å². The fraction of sp³-hybridized carbons (Fsp3) is 0.0625. The topological polar surface area (TPSA) is 143 Å². The quantitative estimate of drug-likeness (QED) is 0.551. The zero-order valence-electron chi connectivity index (χ0n) is 12.2. The molecule has 0 aliphatic rings. The van der Waals surface area contributed by atoms with Crippen molar-refractivity contribution in [1.29, 1.82) is 0 Å². The molecule has 0 unspecified atom stereocenters. The average Bonchev–Trinajstić information content (AvgIpc) is 2.52. The first-order valence-corrected chi connectivity index (χ1v) is 6.63. The second-order valence-electron chi connectivity index (χ2n) is 4.97. The van der Waals surface area contributed by atoms with Crippen molar-refractivity contribution in [3.05, 3.63) is 34.5 Å². The van der Waals surface area contributed by atoms with Gasteiger partial charge in [-0.3, -0.25) is 4.79 Å². The summed E-state index contributed by atoms with van der Waals surface area (Å²) in [5, 5.41) is 50.3. The van der Waals surface area contributed by atoms with Gasteiger partial charge < -0.3 is 34.7 Å². The minimum atomic E-state index is -0.937. The molecule has 0 aliphatic heterocycles. The van der Waals surface area contributed by atoms with Crippen LogP contribution in [0, 0.1) is 0 Å². The molecular weight excluding hydrogens is 320 g/mol. The lowest BCUT2D eigenvalue weighted by atomic mass is 10.1. The molecule has 0 bridgehead atoms. The Labute approximate surface area is 134 Å². The number of hydrogen-bond acceptors (Lipinski definition) is 8. The van der Waals surface area contributed by atoms with Gasteiger partial charge in [-0.15, -0.1) is 0 Å². The summed E-state index contributed by atoms with van der Waals surface area (Å²) in [4.78, 5) is 12.3. The second kappa shape index (κ2) is 5.27. The Bertz CT molecular complexity index is 1020. The van der Waals surface area contributed by atoms with Crippen LogP contribution in [0.15, 0.2) is 33.5 Å². The monoisotopic (exact) mass is 331 g/mol. The summed E-state index contributed by atoms with van der Waals surface area (Å²) < 4.78 is 10.2. The maximum atomic E-state index is 12.3. The van der Waals surface area contributed by atoms with Crippen molar-refractivity contribution in [2.45, 2.75) is 0 Å². The van der Waals surface area contributed by atoms with Gasteiger partial charge in [-0.05, 0) is 17.9 Å². The molecule has 0 aliphatic carbocycles. The van der Waals surface area contributed by atoms with Gasteiger partial charge >= 0.3 is 0 Å². The summed E-state index contributed by atoms with van der Waals surface area (Å²) >= 11 is 0. The van der Waals surface area contributed by atoms with E-state index in [0.29, 0.717) is 0 Å². The molecule has 0 saturated heterocycles. The number of phenolic OH excluding ortho intramolecular Hbond substituents is 3. The van der Waals surface area contributed by atoms with Gasteiger partial charge in [0.2, 0.25) is 11.2 Å². The Kier molecular flexibility index (Phi) is 3.37. The lowest BCUT2D eigenvalue weighted by Gasteiger charge is -2.16. The van der Waals surface area contributed by atoms with Gasteiger partial charge in [0.1, 0.15) is 34.0 Å². The summed E-state index contributed by atoms with van der Waals surface area (Å²) in [6.07, 6.45) is 0. The van der Waals surface area contributed by atoms with Crippen LogP contribution in [0.1, 0.15) is 0 Å². The Morgan fingerprint density at radius 1 is 1.04 bits per heavy atom. The predicted octanol–water partition coefficient (Wildman–Crippen LogP) is 1.36. The number of fused-ring (bicyclic) bond motifs is 1. The van der Waals surface area contributed by atoms with Gasteiger partial charge in [0.25, 0.3) is 0 Å². The first-order chi connectivity index (χ1) is 11.3. The number of phenols is 3. The maximum Gasteiger partial charge on any atom is 0.238 e. The first kappa shape index (κ1) is 15.3. The van der Waals surface area contributed by atoms with Crippen LogP contribution >= 0.6 is 0 Å². The van der Waals surface area contributed by atoms with Crippen molar-refractivity contribution in [3.63, 3.8) is 0 Å². The van der Waals surface area contributed by atoms with Crippen LogP contribution < -0.4 is 15.3 Å². The SMILES string of the molecule is COc1cc(-c2oc3cc(O)cc(O)c3c(=O)c2O)cc(O)c1[O-]. The van der Waals surface area contributed by atoms with Crippen molar-refractivity contribution in [2.24, 2.45) is 0 Å². The van der Waals surface area contributed by atoms with Gasteiger partial charge in [-0.2, -0.15) is 0 Å². The van der Waals surface area contributed by atoms with Crippen LogP contribution in [0.4, 0.5) is 0 Å². The van der Waals surface area contributed by atoms with E-state index in [0.717, 1.165) is 18.2 Å². The van der Waals surface area contributed by atoms with E-state index in [1.807, 2.05) is 0 Å². The predicted molar refractivity (Wildman–Crippen MR) is 80.6 cm³/mol. The molecule has 1 heterocycles. The Balaban J connectivity index is 2.38. The van der Waals surface area contributed by atoms with Gasteiger partial charge in [-0.25, -0.2) is 0 Å². The molecule has 3 rings (SSSR count). The molecule has 0 saturated carbocycles. The first-order valence-electron chi connectivity index (χ1n) is 6.63.